The first kappa shape index (κ1) is 13.9. The minimum Gasteiger partial charge on any atom is -0.493 e. The lowest BCUT2D eigenvalue weighted by atomic mass is 10.3. The van der Waals surface area contributed by atoms with Crippen molar-refractivity contribution in [3.05, 3.63) is 43.0 Å². The van der Waals surface area contributed by atoms with Gasteiger partial charge < -0.3 is 20.4 Å². The predicted molar refractivity (Wildman–Crippen MR) is 76.2 cm³/mol. The van der Waals surface area contributed by atoms with Gasteiger partial charge in [-0.2, -0.15) is 0 Å². The quantitative estimate of drug-likeness (QED) is 0.739. The summed E-state index contributed by atoms with van der Waals surface area (Å²) in [6.07, 6.45) is 5.60. The Balaban J connectivity index is 1.60. The van der Waals surface area contributed by atoms with Gasteiger partial charge in [-0.1, -0.05) is 6.07 Å². The Morgan fingerprint density at radius 2 is 2.35 bits per heavy atom. The number of nitrogen functional groups attached to an aromatic ring is 1. The van der Waals surface area contributed by atoms with Crippen molar-refractivity contribution in [2.45, 2.75) is 13.0 Å². The van der Waals surface area contributed by atoms with E-state index < -0.39 is 0 Å². The zero-order chi connectivity index (χ0) is 14.2. The second-order valence-corrected chi connectivity index (χ2v) is 4.32. The van der Waals surface area contributed by atoms with Gasteiger partial charge in [0, 0.05) is 37.2 Å². The van der Waals surface area contributed by atoms with E-state index in [0.717, 1.165) is 0 Å². The van der Waals surface area contributed by atoms with E-state index in [9.17, 15) is 4.79 Å². The van der Waals surface area contributed by atoms with Crippen LogP contribution in [0.1, 0.15) is 6.42 Å². The second-order valence-electron chi connectivity index (χ2n) is 4.32. The highest BCUT2D eigenvalue weighted by molar-refractivity contribution is 5.75. The number of nitrogens with one attached hydrogen (secondary N) is 1. The van der Waals surface area contributed by atoms with E-state index in [0.29, 0.717) is 37.6 Å². The molecule has 2 rings (SSSR count). The summed E-state index contributed by atoms with van der Waals surface area (Å²) in [5.74, 6) is 0.644. The number of carbonyl (C=O) groups excluding carboxylic acids is 1. The van der Waals surface area contributed by atoms with Crippen LogP contribution in [-0.4, -0.2) is 28.6 Å². The van der Waals surface area contributed by atoms with Gasteiger partial charge >= 0.3 is 0 Å². The molecule has 0 aliphatic rings. The molecule has 0 radical (unpaired) electrons. The van der Waals surface area contributed by atoms with Crippen LogP contribution in [0, 0.1) is 0 Å². The van der Waals surface area contributed by atoms with Gasteiger partial charge in [-0.25, -0.2) is 4.98 Å². The summed E-state index contributed by atoms with van der Waals surface area (Å²) < 4.78 is 7.36. The van der Waals surface area contributed by atoms with Gasteiger partial charge in [-0.3, -0.25) is 4.79 Å². The summed E-state index contributed by atoms with van der Waals surface area (Å²) in [6.45, 7) is 1.62. The first-order valence-corrected chi connectivity index (χ1v) is 6.45. The van der Waals surface area contributed by atoms with E-state index in [1.807, 2.05) is 22.9 Å². The molecule has 1 aromatic carbocycles. The van der Waals surface area contributed by atoms with Crippen molar-refractivity contribution in [2.24, 2.45) is 0 Å². The maximum Gasteiger partial charge on any atom is 0.223 e. The summed E-state index contributed by atoms with van der Waals surface area (Å²) in [7, 11) is 0. The molecule has 0 saturated carbocycles. The molecule has 0 bridgehead atoms. The number of hydrogen-bond donors (Lipinski definition) is 2. The third kappa shape index (κ3) is 4.64. The molecule has 20 heavy (non-hydrogen) atoms. The fraction of sp³-hybridized carbons (Fsp3) is 0.286. The lowest BCUT2D eigenvalue weighted by Crippen LogP contribution is -2.28. The minimum absolute atomic E-state index is 0.0333. The monoisotopic (exact) mass is 274 g/mol. The molecule has 0 spiro atoms. The topological polar surface area (TPSA) is 82.2 Å². The molecule has 0 saturated heterocycles. The minimum atomic E-state index is -0.0333. The largest absolute Gasteiger partial charge is 0.493 e. The molecule has 3 N–H and O–H groups in total. The van der Waals surface area contributed by atoms with E-state index >= 15 is 0 Å². The Bertz CT molecular complexity index is 540. The molecule has 6 heteroatoms. The van der Waals surface area contributed by atoms with E-state index in [2.05, 4.69) is 10.3 Å². The maximum atomic E-state index is 11.6. The Morgan fingerprint density at radius 1 is 1.45 bits per heavy atom. The third-order valence-electron chi connectivity index (χ3n) is 2.71. The Kier molecular flexibility index (Phi) is 5.00. The molecule has 0 fully saturated rings. The number of imidazole rings is 1. The van der Waals surface area contributed by atoms with Gasteiger partial charge in [0.25, 0.3) is 0 Å². The number of hydrogen-bond acceptors (Lipinski definition) is 4. The van der Waals surface area contributed by atoms with Gasteiger partial charge in [0.1, 0.15) is 5.75 Å². The standard InChI is InChI=1S/C14H18N4O2/c15-12-2-1-3-13(10-12)20-9-4-14(19)17-6-8-18-7-5-16-11-18/h1-3,5,7,10-11H,4,6,8-9,15H2,(H,17,19). The highest BCUT2D eigenvalue weighted by atomic mass is 16.5. The number of ether oxygens (including phenoxy) is 1. The van der Waals surface area contributed by atoms with Gasteiger partial charge in [0.2, 0.25) is 5.91 Å². The zero-order valence-corrected chi connectivity index (χ0v) is 11.2. The van der Waals surface area contributed by atoms with E-state index in [4.69, 9.17) is 10.5 Å². The summed E-state index contributed by atoms with van der Waals surface area (Å²) in [5, 5.41) is 2.83. The van der Waals surface area contributed by atoms with Gasteiger partial charge in [-0.05, 0) is 12.1 Å². The predicted octanol–water partition coefficient (Wildman–Crippen LogP) is 1.05. The smallest absolute Gasteiger partial charge is 0.223 e. The molecule has 1 amide bonds. The molecular formula is C14H18N4O2. The zero-order valence-electron chi connectivity index (χ0n) is 11.2. The highest BCUT2D eigenvalue weighted by Gasteiger charge is 2.02. The average molecular weight is 274 g/mol. The SMILES string of the molecule is Nc1cccc(OCCC(=O)NCCn2ccnc2)c1. The van der Waals surface area contributed by atoms with Crippen molar-refractivity contribution in [2.75, 3.05) is 18.9 Å². The third-order valence-corrected chi connectivity index (χ3v) is 2.71. The molecule has 6 nitrogen and oxygen atoms in total. The number of nitrogens with two attached hydrogens (primary N) is 1. The fourth-order valence-corrected chi connectivity index (χ4v) is 1.70. The van der Waals surface area contributed by atoms with Crippen LogP contribution in [0.2, 0.25) is 0 Å². The normalized spacial score (nSPS) is 10.2. The fourth-order valence-electron chi connectivity index (χ4n) is 1.70. The lowest BCUT2D eigenvalue weighted by Gasteiger charge is -2.08. The first-order chi connectivity index (χ1) is 9.74. The van der Waals surface area contributed by atoms with Crippen LogP contribution in [-0.2, 0) is 11.3 Å². The van der Waals surface area contributed by atoms with Crippen LogP contribution in [0.3, 0.4) is 0 Å². The summed E-state index contributed by atoms with van der Waals surface area (Å²) in [4.78, 5) is 15.5. The van der Waals surface area contributed by atoms with Crippen LogP contribution in [0.5, 0.6) is 5.75 Å². The summed E-state index contributed by atoms with van der Waals surface area (Å²) >= 11 is 0. The first-order valence-electron chi connectivity index (χ1n) is 6.45. The van der Waals surface area contributed by atoms with Crippen molar-refractivity contribution >= 4 is 11.6 Å². The number of nitrogens with zero attached hydrogens (tertiary/aromatic N) is 2. The molecule has 0 aliphatic carbocycles. The number of carbonyl (C=O) groups is 1. The lowest BCUT2D eigenvalue weighted by molar-refractivity contribution is -0.121. The van der Waals surface area contributed by atoms with Gasteiger partial charge in [-0.15, -0.1) is 0 Å². The van der Waals surface area contributed by atoms with Gasteiger partial charge in [0.15, 0.2) is 0 Å². The Morgan fingerprint density at radius 3 is 3.10 bits per heavy atom. The van der Waals surface area contributed by atoms with Crippen LogP contribution in [0.25, 0.3) is 0 Å². The van der Waals surface area contributed by atoms with E-state index in [1.165, 1.54) is 0 Å². The average Bonchev–Trinajstić information content (AvgIpc) is 2.92. The second kappa shape index (κ2) is 7.18. The molecule has 0 unspecified atom stereocenters. The van der Waals surface area contributed by atoms with Crippen molar-refractivity contribution < 1.29 is 9.53 Å². The highest BCUT2D eigenvalue weighted by Crippen LogP contribution is 2.14. The van der Waals surface area contributed by atoms with Crippen LogP contribution in [0.4, 0.5) is 5.69 Å². The van der Waals surface area contributed by atoms with Crippen molar-refractivity contribution in [1.29, 1.82) is 0 Å². The number of amides is 1. The number of anilines is 1. The van der Waals surface area contributed by atoms with E-state index in [-0.39, 0.29) is 5.91 Å². The molecule has 0 atom stereocenters. The molecule has 1 heterocycles. The maximum absolute atomic E-state index is 11.6. The van der Waals surface area contributed by atoms with Crippen molar-refractivity contribution in [3.8, 4) is 5.75 Å². The Hall–Kier alpha value is -2.50. The Labute approximate surface area is 117 Å². The van der Waals surface area contributed by atoms with Gasteiger partial charge in [0.05, 0.1) is 19.4 Å². The molecule has 0 aliphatic heterocycles. The number of benzene rings is 1. The van der Waals surface area contributed by atoms with Crippen LogP contribution >= 0.6 is 0 Å². The summed E-state index contributed by atoms with van der Waals surface area (Å²) in [6, 6.07) is 7.15. The van der Waals surface area contributed by atoms with Crippen LogP contribution < -0.4 is 15.8 Å². The summed E-state index contributed by atoms with van der Waals surface area (Å²) in [5.41, 5.74) is 6.28. The van der Waals surface area contributed by atoms with E-state index in [1.54, 1.807) is 24.7 Å². The van der Waals surface area contributed by atoms with Crippen LogP contribution in [0.15, 0.2) is 43.0 Å². The van der Waals surface area contributed by atoms with Crippen molar-refractivity contribution in [3.63, 3.8) is 0 Å². The molecule has 1 aromatic heterocycles. The molecule has 106 valence electrons. The molecule has 2 aromatic rings. The number of aromatic nitrogens is 2. The number of rotatable bonds is 7. The van der Waals surface area contributed by atoms with Crippen molar-refractivity contribution in [1.82, 2.24) is 14.9 Å². The molecular weight excluding hydrogens is 256 g/mol.